The van der Waals surface area contributed by atoms with Crippen LogP contribution in [0, 0.1) is 27.4 Å². The van der Waals surface area contributed by atoms with Crippen LogP contribution in [0.4, 0.5) is 10.5 Å². The molecule has 10 nitrogen and oxygen atoms in total. The van der Waals surface area contributed by atoms with Gasteiger partial charge in [0, 0.05) is 12.1 Å². The van der Waals surface area contributed by atoms with Gasteiger partial charge in [-0.15, -0.1) is 0 Å². The van der Waals surface area contributed by atoms with Crippen LogP contribution >= 0.6 is 0 Å². The molecule has 0 saturated heterocycles. The Morgan fingerprint density at radius 1 is 1.26 bits per heavy atom. The number of carbonyl (C=O) groups is 2. The number of nitrogens with one attached hydrogen (secondary N) is 1. The van der Waals surface area contributed by atoms with Crippen LogP contribution in [0.5, 0.6) is 0 Å². The van der Waals surface area contributed by atoms with E-state index in [4.69, 9.17) is 10.5 Å². The summed E-state index contributed by atoms with van der Waals surface area (Å²) in [6, 6.07) is 4.15. The fourth-order valence-corrected chi connectivity index (χ4v) is 3.98. The molecular weight excluding hydrogens is 440 g/mol. The summed E-state index contributed by atoms with van der Waals surface area (Å²) in [5.41, 5.74) is 4.96. The van der Waals surface area contributed by atoms with Gasteiger partial charge in [-0.2, -0.15) is 5.26 Å². The number of aliphatic hydroxyl groups is 1. The average Bonchev–Trinajstić information content (AvgIpc) is 2.77. The molecule has 0 heterocycles. The molecule has 0 aliphatic heterocycles. The monoisotopic (exact) mass is 472 g/mol. The number of alkyl carbamates (subject to hydrolysis) is 1. The van der Waals surface area contributed by atoms with Gasteiger partial charge in [-0.05, 0) is 50.8 Å². The Hall–Kier alpha value is -3.45. The molecule has 1 aromatic carbocycles. The first kappa shape index (κ1) is 26.8. The Labute approximate surface area is 198 Å². The second-order valence-electron chi connectivity index (χ2n) is 9.50. The number of hydrogen-bond acceptors (Lipinski definition) is 8. The number of non-ortho nitro benzene ring substituents is 1. The number of rotatable bonds is 8. The topological polar surface area (TPSA) is 169 Å². The highest BCUT2D eigenvalue weighted by molar-refractivity contribution is 5.96. The third-order valence-electron chi connectivity index (χ3n) is 5.63. The third-order valence-corrected chi connectivity index (χ3v) is 5.63. The van der Waals surface area contributed by atoms with Crippen LogP contribution in [0.25, 0.3) is 5.57 Å². The second-order valence-corrected chi connectivity index (χ2v) is 9.50. The first-order valence-electron chi connectivity index (χ1n) is 11.3. The Morgan fingerprint density at radius 3 is 2.35 bits per heavy atom. The van der Waals surface area contributed by atoms with Gasteiger partial charge in [0.25, 0.3) is 5.69 Å². The van der Waals surface area contributed by atoms with E-state index in [1.165, 1.54) is 24.3 Å². The van der Waals surface area contributed by atoms with Gasteiger partial charge in [0.05, 0.1) is 16.5 Å². The number of hydrogen-bond donors (Lipinski definition) is 3. The molecule has 2 rings (SSSR count). The van der Waals surface area contributed by atoms with E-state index in [1.807, 2.05) is 6.07 Å². The van der Waals surface area contributed by atoms with Gasteiger partial charge in [0.15, 0.2) is 11.8 Å². The summed E-state index contributed by atoms with van der Waals surface area (Å²) in [7, 11) is 0. The van der Waals surface area contributed by atoms with Crippen LogP contribution in [0.15, 0.2) is 30.0 Å². The van der Waals surface area contributed by atoms with Crippen molar-refractivity contribution < 1.29 is 24.4 Å². The minimum Gasteiger partial charge on any atom is -0.508 e. The Balaban J connectivity index is 2.38. The zero-order valence-corrected chi connectivity index (χ0v) is 19.7. The molecular formula is C24H32N4O6. The third kappa shape index (κ3) is 7.56. The lowest BCUT2D eigenvalue weighted by molar-refractivity contribution is -0.384. The van der Waals surface area contributed by atoms with Crippen LogP contribution in [0.1, 0.15) is 64.9 Å². The van der Waals surface area contributed by atoms with Gasteiger partial charge < -0.3 is 20.9 Å². The molecule has 1 saturated carbocycles. The molecule has 1 aliphatic rings. The zero-order valence-electron chi connectivity index (χ0n) is 19.7. The van der Waals surface area contributed by atoms with Crippen molar-refractivity contribution in [1.82, 2.24) is 5.32 Å². The predicted octanol–water partition coefficient (Wildman–Crippen LogP) is 4.15. The Morgan fingerprint density at radius 2 is 1.85 bits per heavy atom. The van der Waals surface area contributed by atoms with Gasteiger partial charge in [-0.1, -0.05) is 32.1 Å². The molecule has 1 aromatic rings. The van der Waals surface area contributed by atoms with Gasteiger partial charge in [-0.3, -0.25) is 14.9 Å². The molecule has 0 aromatic heterocycles. The van der Waals surface area contributed by atoms with Crippen LogP contribution in [0.2, 0.25) is 0 Å². The van der Waals surface area contributed by atoms with Crippen LogP contribution in [0.3, 0.4) is 0 Å². The van der Waals surface area contributed by atoms with Gasteiger partial charge in [-0.25, -0.2) is 4.79 Å². The van der Waals surface area contributed by atoms with E-state index in [1.54, 1.807) is 20.8 Å². The molecule has 2 atom stereocenters. The van der Waals surface area contributed by atoms with E-state index in [9.17, 15) is 30.1 Å². The number of Topliss-reactive ketones (excluding diaryl/α,β-unsaturated/α-hetero) is 1. The number of ether oxygens (including phenoxy) is 1. The number of nitro benzene ring substituents is 1. The largest absolute Gasteiger partial charge is 0.508 e. The molecule has 34 heavy (non-hydrogen) atoms. The minimum absolute atomic E-state index is 0.148. The SMILES string of the molecule is CC(C)(C)OC(=O)N[C@@H](C(=O)C(N)CC1CCCCC1)/C(O)=C(\C#N)c1ccc([N+](=O)[O-])cc1. The lowest BCUT2D eigenvalue weighted by atomic mass is 9.83. The van der Waals surface area contributed by atoms with E-state index < -0.39 is 40.2 Å². The molecule has 184 valence electrons. The van der Waals surface area contributed by atoms with Gasteiger partial charge in [0.1, 0.15) is 17.4 Å². The number of nitrogens with zero attached hydrogens (tertiary/aromatic N) is 2. The highest BCUT2D eigenvalue weighted by Gasteiger charge is 2.34. The smallest absolute Gasteiger partial charge is 0.408 e. The maximum atomic E-state index is 13.3. The highest BCUT2D eigenvalue weighted by Crippen LogP contribution is 2.28. The van der Waals surface area contributed by atoms with Crippen LogP contribution < -0.4 is 11.1 Å². The molecule has 10 heteroatoms. The van der Waals surface area contributed by atoms with Crippen LogP contribution in [-0.2, 0) is 9.53 Å². The number of nitriles is 1. The van der Waals surface area contributed by atoms with Crippen molar-refractivity contribution in [1.29, 1.82) is 5.26 Å². The van der Waals surface area contributed by atoms with Crippen molar-refractivity contribution in [2.24, 2.45) is 11.7 Å². The molecule has 0 bridgehead atoms. The van der Waals surface area contributed by atoms with E-state index in [-0.39, 0.29) is 22.7 Å². The average molecular weight is 473 g/mol. The zero-order chi connectivity index (χ0) is 25.5. The Bertz CT molecular complexity index is 969. The first-order valence-corrected chi connectivity index (χ1v) is 11.3. The molecule has 4 N–H and O–H groups in total. The van der Waals surface area contributed by atoms with Crippen molar-refractivity contribution >= 4 is 23.1 Å². The maximum Gasteiger partial charge on any atom is 0.408 e. The second kappa shape index (κ2) is 11.6. The number of amides is 1. The lowest BCUT2D eigenvalue weighted by Crippen LogP contribution is -2.51. The predicted molar refractivity (Wildman–Crippen MR) is 126 cm³/mol. The number of nitro groups is 1. The van der Waals surface area contributed by atoms with Crippen molar-refractivity contribution in [3.63, 3.8) is 0 Å². The molecule has 1 aliphatic carbocycles. The summed E-state index contributed by atoms with van der Waals surface area (Å²) in [5.74, 6) is -1.08. The number of aliphatic hydroxyl groups excluding tert-OH is 1. The molecule has 1 amide bonds. The van der Waals surface area contributed by atoms with E-state index in [0.29, 0.717) is 6.42 Å². The fourth-order valence-electron chi connectivity index (χ4n) is 3.98. The summed E-state index contributed by atoms with van der Waals surface area (Å²) in [6.07, 6.45) is 4.64. The van der Waals surface area contributed by atoms with E-state index in [0.717, 1.165) is 32.1 Å². The van der Waals surface area contributed by atoms with Gasteiger partial charge >= 0.3 is 6.09 Å². The summed E-state index contributed by atoms with van der Waals surface area (Å²) in [4.78, 5) is 36.0. The number of benzene rings is 1. The minimum atomic E-state index is -1.61. The summed E-state index contributed by atoms with van der Waals surface area (Å²) in [5, 5.41) is 33.9. The number of allylic oxidation sites excluding steroid dienone is 1. The standard InChI is InChI=1S/C24H32N4O6/c1-24(2,3)34-23(31)27-20(22(30)19(26)13-15-7-5-4-6-8-15)21(29)18(14-25)16-9-11-17(12-10-16)28(32)33/h9-12,15,19-20,29H,4-8,13,26H2,1-3H3,(H,27,31)/b21-18-/t19?,20-/m1/s1. The van der Waals surface area contributed by atoms with Crippen molar-refractivity contribution in [3.05, 3.63) is 45.7 Å². The number of ketones is 1. The number of carbonyl (C=O) groups excluding carboxylic acids is 2. The maximum absolute atomic E-state index is 13.3. The van der Waals surface area contributed by atoms with Crippen molar-refractivity contribution in [2.45, 2.75) is 77.0 Å². The normalized spacial score (nSPS) is 17.0. The van der Waals surface area contributed by atoms with Gasteiger partial charge in [0.2, 0.25) is 0 Å². The van der Waals surface area contributed by atoms with Crippen molar-refractivity contribution in [3.8, 4) is 6.07 Å². The van der Waals surface area contributed by atoms with E-state index >= 15 is 0 Å². The van der Waals surface area contributed by atoms with Crippen LogP contribution in [-0.4, -0.2) is 39.6 Å². The first-order chi connectivity index (χ1) is 15.9. The highest BCUT2D eigenvalue weighted by atomic mass is 16.6. The Kier molecular flexibility index (Phi) is 9.15. The molecule has 1 fully saturated rings. The fraction of sp³-hybridized carbons (Fsp3) is 0.542. The molecule has 0 spiro atoms. The molecule has 0 radical (unpaired) electrons. The summed E-state index contributed by atoms with van der Waals surface area (Å²) < 4.78 is 5.22. The van der Waals surface area contributed by atoms with Crippen molar-refractivity contribution in [2.75, 3.05) is 0 Å². The van der Waals surface area contributed by atoms with E-state index in [2.05, 4.69) is 5.32 Å². The summed E-state index contributed by atoms with van der Waals surface area (Å²) in [6.45, 7) is 4.93. The molecule has 1 unspecified atom stereocenters. The number of nitrogens with two attached hydrogens (primary N) is 1. The lowest BCUT2D eigenvalue weighted by Gasteiger charge is -2.27. The quantitative estimate of drug-likeness (QED) is 0.219. The summed E-state index contributed by atoms with van der Waals surface area (Å²) >= 11 is 0.